The molecule has 0 saturated heterocycles. The van der Waals surface area contributed by atoms with Gasteiger partial charge in [0.05, 0.1) is 0 Å². The molecule has 0 N–H and O–H groups in total. The molecule has 3 heteroatoms. The van der Waals surface area contributed by atoms with E-state index in [0.717, 1.165) is 17.3 Å². The third kappa shape index (κ3) is 2.34. The van der Waals surface area contributed by atoms with Gasteiger partial charge in [0.25, 0.3) is 0 Å². The lowest BCUT2D eigenvalue weighted by atomic mass is 10.0. The highest BCUT2D eigenvalue weighted by Gasteiger charge is 2.30. The van der Waals surface area contributed by atoms with Gasteiger partial charge < -0.3 is 0 Å². The summed E-state index contributed by atoms with van der Waals surface area (Å²) in [6.07, 6.45) is 1.63. The summed E-state index contributed by atoms with van der Waals surface area (Å²) in [7, 11) is 0. The van der Waals surface area contributed by atoms with Crippen LogP contribution >= 0.6 is 11.8 Å². The third-order valence-electron chi connectivity index (χ3n) is 2.99. The zero-order chi connectivity index (χ0) is 13.2. The number of Topliss-reactive ketones (excluding diaryl/α,β-unsaturated/α-hetero) is 1. The number of hydrogen-bond acceptors (Lipinski definition) is 2. The summed E-state index contributed by atoms with van der Waals surface area (Å²) in [5.74, 6) is -0.217. The van der Waals surface area contributed by atoms with Crippen molar-refractivity contribution in [3.63, 3.8) is 0 Å². The van der Waals surface area contributed by atoms with Crippen LogP contribution in [0.5, 0.6) is 0 Å². The van der Waals surface area contributed by atoms with Gasteiger partial charge in [0, 0.05) is 16.0 Å². The predicted octanol–water partition coefficient (Wildman–Crippen LogP) is 4.35. The summed E-state index contributed by atoms with van der Waals surface area (Å²) >= 11 is 1.09. The largest absolute Gasteiger partial charge is 0.289 e. The molecule has 1 aliphatic heterocycles. The molecular formula is C16H11FOS. The zero-order valence-electron chi connectivity index (χ0n) is 10.0. The molecule has 0 bridgehead atoms. The first-order valence-corrected chi connectivity index (χ1v) is 6.85. The highest BCUT2D eigenvalue weighted by atomic mass is 32.2. The Morgan fingerprint density at radius 1 is 1.00 bits per heavy atom. The Bertz CT molecular complexity index is 649. The molecular weight excluding hydrogens is 259 g/mol. The Kier molecular flexibility index (Phi) is 3.22. The van der Waals surface area contributed by atoms with Crippen molar-refractivity contribution in [2.45, 2.75) is 10.4 Å². The maximum atomic E-state index is 14.1. The number of hydrogen-bond donors (Lipinski definition) is 0. The minimum atomic E-state index is -1.30. The molecule has 0 spiro atoms. The van der Waals surface area contributed by atoms with E-state index in [9.17, 15) is 9.18 Å². The van der Waals surface area contributed by atoms with Crippen LogP contribution in [-0.4, -0.2) is 11.3 Å². The molecule has 0 aromatic heterocycles. The maximum absolute atomic E-state index is 14.1. The van der Waals surface area contributed by atoms with E-state index in [1.54, 1.807) is 24.3 Å². The number of benzene rings is 2. The summed E-state index contributed by atoms with van der Waals surface area (Å²) in [6.45, 7) is 0. The van der Waals surface area contributed by atoms with E-state index >= 15 is 0 Å². The van der Waals surface area contributed by atoms with Crippen molar-refractivity contribution in [1.82, 2.24) is 0 Å². The highest BCUT2D eigenvalue weighted by Crippen LogP contribution is 2.39. The Hall–Kier alpha value is -1.87. The van der Waals surface area contributed by atoms with Crippen molar-refractivity contribution >= 4 is 23.6 Å². The van der Waals surface area contributed by atoms with Crippen LogP contribution in [0.2, 0.25) is 0 Å². The van der Waals surface area contributed by atoms with Crippen molar-refractivity contribution in [2.24, 2.45) is 0 Å². The summed E-state index contributed by atoms with van der Waals surface area (Å²) < 4.78 is 14.1. The first-order chi connectivity index (χ1) is 9.25. The molecule has 2 aromatic carbocycles. The number of thioether (sulfide) groups is 1. The smallest absolute Gasteiger partial charge is 0.193 e. The molecule has 1 unspecified atom stereocenters. The Balaban J connectivity index is 2.05. The van der Waals surface area contributed by atoms with Gasteiger partial charge in [-0.25, -0.2) is 4.39 Å². The molecule has 1 nitrogen and oxygen atoms in total. The van der Waals surface area contributed by atoms with E-state index < -0.39 is 5.50 Å². The van der Waals surface area contributed by atoms with Crippen LogP contribution in [0.15, 0.2) is 65.1 Å². The normalized spacial score (nSPS) is 20.4. The summed E-state index contributed by atoms with van der Waals surface area (Å²) in [4.78, 5) is 13.0. The van der Waals surface area contributed by atoms with Crippen LogP contribution < -0.4 is 0 Å². The lowest BCUT2D eigenvalue weighted by Gasteiger charge is -2.20. The lowest BCUT2D eigenvalue weighted by Crippen LogP contribution is -2.17. The molecule has 19 heavy (non-hydrogen) atoms. The van der Waals surface area contributed by atoms with Crippen molar-refractivity contribution in [3.05, 3.63) is 71.3 Å². The number of alkyl halides is 1. The molecule has 0 saturated carbocycles. The number of rotatable bonds is 1. The second kappa shape index (κ2) is 5.02. The fraction of sp³-hybridized carbons (Fsp3) is 0.0625. The minimum absolute atomic E-state index is 0.217. The average molecular weight is 270 g/mol. The van der Waals surface area contributed by atoms with Crippen LogP contribution in [0.4, 0.5) is 4.39 Å². The zero-order valence-corrected chi connectivity index (χ0v) is 10.9. The van der Waals surface area contributed by atoms with Crippen molar-refractivity contribution < 1.29 is 9.18 Å². The van der Waals surface area contributed by atoms with Crippen molar-refractivity contribution in [2.75, 3.05) is 0 Å². The molecule has 3 rings (SSSR count). The van der Waals surface area contributed by atoms with Crippen LogP contribution in [0, 0.1) is 0 Å². The summed E-state index contributed by atoms with van der Waals surface area (Å²) in [5, 5.41) is 0. The molecule has 1 aliphatic rings. The van der Waals surface area contributed by atoms with E-state index in [4.69, 9.17) is 0 Å². The fourth-order valence-corrected chi connectivity index (χ4v) is 3.02. The Morgan fingerprint density at radius 3 is 2.47 bits per heavy atom. The first-order valence-electron chi connectivity index (χ1n) is 5.97. The van der Waals surface area contributed by atoms with Crippen molar-refractivity contribution in [3.8, 4) is 0 Å². The van der Waals surface area contributed by atoms with Gasteiger partial charge >= 0.3 is 0 Å². The topological polar surface area (TPSA) is 17.1 Å². The number of fused-ring (bicyclic) bond motifs is 1. The number of carbonyl (C=O) groups is 1. The number of ketones is 1. The van der Waals surface area contributed by atoms with Gasteiger partial charge in [0.2, 0.25) is 0 Å². The second-order valence-electron chi connectivity index (χ2n) is 4.27. The molecule has 0 aliphatic carbocycles. The quantitative estimate of drug-likeness (QED) is 0.716. The molecule has 0 radical (unpaired) electrons. The van der Waals surface area contributed by atoms with Crippen LogP contribution in [0.3, 0.4) is 0 Å². The molecule has 0 amide bonds. The van der Waals surface area contributed by atoms with Gasteiger partial charge in [0.1, 0.15) is 0 Å². The first kappa shape index (κ1) is 12.2. The SMILES string of the molecule is O=C1/C(=C/c2ccccc2)C(F)Sc2ccccc21. The monoisotopic (exact) mass is 270 g/mol. The van der Waals surface area contributed by atoms with Gasteiger partial charge in [-0.3, -0.25) is 4.79 Å². The molecule has 0 fully saturated rings. The molecule has 1 heterocycles. The standard InChI is InChI=1S/C16H11FOS/c17-16-13(10-11-6-2-1-3-7-11)15(18)12-8-4-5-9-14(12)19-16/h1-10,16H/b13-10-. The Labute approximate surface area is 115 Å². The number of carbonyl (C=O) groups excluding carboxylic acids is 1. The number of halogens is 1. The van der Waals surface area contributed by atoms with E-state index in [-0.39, 0.29) is 11.4 Å². The summed E-state index contributed by atoms with van der Waals surface area (Å²) in [6, 6.07) is 16.5. The van der Waals surface area contributed by atoms with Crippen LogP contribution in [0.25, 0.3) is 6.08 Å². The van der Waals surface area contributed by atoms with E-state index in [2.05, 4.69) is 0 Å². The van der Waals surface area contributed by atoms with Gasteiger partial charge in [-0.15, -0.1) is 0 Å². The van der Waals surface area contributed by atoms with Gasteiger partial charge in [-0.1, -0.05) is 54.2 Å². The molecule has 2 aromatic rings. The van der Waals surface area contributed by atoms with Crippen LogP contribution in [0.1, 0.15) is 15.9 Å². The second-order valence-corrected chi connectivity index (χ2v) is 5.36. The highest BCUT2D eigenvalue weighted by molar-refractivity contribution is 8.00. The van der Waals surface area contributed by atoms with E-state index in [0.29, 0.717) is 10.5 Å². The van der Waals surface area contributed by atoms with Gasteiger partial charge in [-0.05, 0) is 23.8 Å². The summed E-state index contributed by atoms with van der Waals surface area (Å²) in [5.41, 5.74) is 0.342. The Morgan fingerprint density at radius 2 is 1.68 bits per heavy atom. The lowest BCUT2D eigenvalue weighted by molar-refractivity contribution is 0.102. The molecule has 94 valence electrons. The van der Waals surface area contributed by atoms with Crippen LogP contribution in [-0.2, 0) is 0 Å². The van der Waals surface area contributed by atoms with E-state index in [1.165, 1.54) is 0 Å². The average Bonchev–Trinajstić information content (AvgIpc) is 2.45. The predicted molar refractivity (Wildman–Crippen MR) is 75.9 cm³/mol. The van der Waals surface area contributed by atoms with Gasteiger partial charge in [0.15, 0.2) is 11.3 Å². The maximum Gasteiger partial charge on any atom is 0.193 e. The van der Waals surface area contributed by atoms with Crippen molar-refractivity contribution in [1.29, 1.82) is 0 Å². The third-order valence-corrected chi connectivity index (χ3v) is 4.06. The fourth-order valence-electron chi connectivity index (χ4n) is 2.05. The van der Waals surface area contributed by atoms with E-state index in [1.807, 2.05) is 36.4 Å². The minimum Gasteiger partial charge on any atom is -0.289 e. The molecule has 1 atom stereocenters. The van der Waals surface area contributed by atoms with Gasteiger partial charge in [-0.2, -0.15) is 0 Å².